The highest BCUT2D eigenvalue weighted by molar-refractivity contribution is 7.22. The maximum atomic E-state index is 12.7. The van der Waals surface area contributed by atoms with Gasteiger partial charge < -0.3 is 19.7 Å². The number of nitrogens with one attached hydrogen (secondary N) is 1. The minimum atomic E-state index is -0.440. The molecule has 1 aliphatic rings. The third kappa shape index (κ3) is 3.75. The first-order valence-electron chi connectivity index (χ1n) is 9.19. The van der Waals surface area contributed by atoms with E-state index in [-0.39, 0.29) is 18.2 Å². The fraction of sp³-hybridized carbons (Fsp3) is 0.286. The van der Waals surface area contributed by atoms with Crippen molar-refractivity contribution < 1.29 is 19.1 Å². The minimum absolute atomic E-state index is 0.0997. The van der Waals surface area contributed by atoms with Crippen molar-refractivity contribution in [1.82, 2.24) is 4.98 Å². The summed E-state index contributed by atoms with van der Waals surface area (Å²) in [6.45, 7) is 2.33. The lowest BCUT2D eigenvalue weighted by Crippen LogP contribution is -2.28. The number of carbonyl (C=O) groups is 2. The van der Waals surface area contributed by atoms with Gasteiger partial charge in [0.1, 0.15) is 0 Å². The Labute approximate surface area is 172 Å². The molecule has 29 heavy (non-hydrogen) atoms. The summed E-state index contributed by atoms with van der Waals surface area (Å²) in [6, 6.07) is 11.2. The second-order valence-electron chi connectivity index (χ2n) is 6.92. The van der Waals surface area contributed by atoms with E-state index in [0.29, 0.717) is 28.9 Å². The summed E-state index contributed by atoms with van der Waals surface area (Å²) in [5.74, 6) is 0.387. The largest absolute Gasteiger partial charge is 0.493 e. The highest BCUT2D eigenvalue weighted by Gasteiger charge is 2.35. The Balaban J connectivity index is 1.48. The highest BCUT2D eigenvalue weighted by atomic mass is 32.1. The van der Waals surface area contributed by atoms with Crippen LogP contribution in [0.5, 0.6) is 11.5 Å². The molecule has 2 aromatic carbocycles. The lowest BCUT2D eigenvalue weighted by atomic mass is 10.1. The Morgan fingerprint density at radius 2 is 1.97 bits per heavy atom. The van der Waals surface area contributed by atoms with Crippen LogP contribution in [-0.4, -0.2) is 37.6 Å². The number of aryl methyl sites for hydroxylation is 1. The number of rotatable bonds is 5. The first-order valence-corrected chi connectivity index (χ1v) is 10.0. The molecule has 1 N–H and O–H groups in total. The number of amides is 2. The van der Waals surface area contributed by atoms with E-state index in [0.717, 1.165) is 15.8 Å². The van der Waals surface area contributed by atoms with Crippen LogP contribution >= 0.6 is 11.3 Å². The number of benzene rings is 2. The van der Waals surface area contributed by atoms with Crippen LogP contribution in [0.2, 0.25) is 0 Å². The molecule has 3 aromatic rings. The normalized spacial score (nSPS) is 16.3. The summed E-state index contributed by atoms with van der Waals surface area (Å²) in [5, 5.41) is 3.42. The van der Waals surface area contributed by atoms with Gasteiger partial charge in [0.25, 0.3) is 0 Å². The summed E-state index contributed by atoms with van der Waals surface area (Å²) in [4.78, 5) is 31.3. The molecule has 4 rings (SSSR count). The first kappa shape index (κ1) is 19.2. The lowest BCUT2D eigenvalue weighted by Gasteiger charge is -2.18. The summed E-state index contributed by atoms with van der Waals surface area (Å²) in [7, 11) is 3.10. The SMILES string of the molecule is COc1ccc(N2CC(C(=O)Nc3nc4ccc(C)cc4s3)CC2=O)cc1OC. The molecule has 8 heteroatoms. The fourth-order valence-corrected chi connectivity index (χ4v) is 4.39. The van der Waals surface area contributed by atoms with Crippen LogP contribution in [0, 0.1) is 12.8 Å². The highest BCUT2D eigenvalue weighted by Crippen LogP contribution is 2.34. The van der Waals surface area contributed by atoms with Crippen molar-refractivity contribution in [3.05, 3.63) is 42.0 Å². The van der Waals surface area contributed by atoms with Gasteiger partial charge in [-0.2, -0.15) is 0 Å². The summed E-state index contributed by atoms with van der Waals surface area (Å²) in [5.41, 5.74) is 2.68. The number of hydrogen-bond acceptors (Lipinski definition) is 6. The number of ether oxygens (including phenoxy) is 2. The molecular formula is C21H21N3O4S. The van der Waals surface area contributed by atoms with Crippen molar-refractivity contribution in [1.29, 1.82) is 0 Å². The number of anilines is 2. The zero-order valence-corrected chi connectivity index (χ0v) is 17.2. The van der Waals surface area contributed by atoms with Crippen molar-refractivity contribution >= 4 is 44.2 Å². The van der Waals surface area contributed by atoms with E-state index in [1.165, 1.54) is 11.3 Å². The molecule has 1 unspecified atom stereocenters. The average Bonchev–Trinajstić information content (AvgIpc) is 3.29. The third-order valence-corrected chi connectivity index (χ3v) is 5.88. The number of methoxy groups -OCH3 is 2. The predicted octanol–water partition coefficient (Wildman–Crippen LogP) is 3.61. The van der Waals surface area contributed by atoms with Crippen molar-refractivity contribution in [2.75, 3.05) is 31.0 Å². The third-order valence-electron chi connectivity index (χ3n) is 4.95. The molecule has 2 amide bonds. The Kier molecular flexibility index (Phi) is 5.10. The maximum Gasteiger partial charge on any atom is 0.231 e. The molecule has 2 heterocycles. The predicted molar refractivity (Wildman–Crippen MR) is 113 cm³/mol. The fourth-order valence-electron chi connectivity index (χ4n) is 3.42. The molecule has 0 bridgehead atoms. The van der Waals surface area contributed by atoms with Gasteiger partial charge in [0.2, 0.25) is 11.8 Å². The standard InChI is InChI=1S/C21H21N3O4S/c1-12-4-6-15-18(8-12)29-21(22-15)23-20(26)13-9-19(25)24(11-13)14-5-7-16(27-2)17(10-14)28-3/h4-8,10,13H,9,11H2,1-3H3,(H,22,23,26). The Hall–Kier alpha value is -3.13. The summed E-state index contributed by atoms with van der Waals surface area (Å²) >= 11 is 1.43. The topological polar surface area (TPSA) is 80.8 Å². The minimum Gasteiger partial charge on any atom is -0.493 e. The van der Waals surface area contributed by atoms with Crippen LogP contribution in [0.4, 0.5) is 10.8 Å². The van der Waals surface area contributed by atoms with Gasteiger partial charge in [-0.15, -0.1) is 0 Å². The van der Waals surface area contributed by atoms with Crippen molar-refractivity contribution in [3.63, 3.8) is 0 Å². The van der Waals surface area contributed by atoms with Crippen LogP contribution in [0.1, 0.15) is 12.0 Å². The van der Waals surface area contributed by atoms with Gasteiger partial charge >= 0.3 is 0 Å². The molecule has 1 saturated heterocycles. The first-order chi connectivity index (χ1) is 14.0. The number of thiazole rings is 1. The Morgan fingerprint density at radius 1 is 1.17 bits per heavy atom. The molecule has 0 spiro atoms. The van der Waals surface area contributed by atoms with Gasteiger partial charge in [-0.3, -0.25) is 9.59 Å². The van der Waals surface area contributed by atoms with Crippen LogP contribution in [-0.2, 0) is 9.59 Å². The quantitative estimate of drug-likeness (QED) is 0.694. The molecule has 0 saturated carbocycles. The van der Waals surface area contributed by atoms with Crippen molar-refractivity contribution in [2.24, 2.45) is 5.92 Å². The second-order valence-corrected chi connectivity index (χ2v) is 7.95. The molecule has 0 radical (unpaired) electrons. The van der Waals surface area contributed by atoms with Gasteiger partial charge in [-0.05, 0) is 36.8 Å². The van der Waals surface area contributed by atoms with Crippen LogP contribution < -0.4 is 19.7 Å². The number of aromatic nitrogens is 1. The number of hydrogen-bond donors (Lipinski definition) is 1. The Bertz CT molecular complexity index is 1090. The van der Waals surface area contributed by atoms with Crippen LogP contribution in [0.3, 0.4) is 0 Å². The zero-order chi connectivity index (χ0) is 20.5. The molecule has 1 aromatic heterocycles. The van der Waals surface area contributed by atoms with E-state index < -0.39 is 5.92 Å². The molecule has 1 fully saturated rings. The van der Waals surface area contributed by atoms with Crippen LogP contribution in [0.25, 0.3) is 10.2 Å². The number of fused-ring (bicyclic) bond motifs is 1. The smallest absolute Gasteiger partial charge is 0.231 e. The average molecular weight is 411 g/mol. The number of nitrogens with zero attached hydrogens (tertiary/aromatic N) is 2. The van der Waals surface area contributed by atoms with Gasteiger partial charge in [0.05, 0.1) is 30.4 Å². The lowest BCUT2D eigenvalue weighted by molar-refractivity contribution is -0.122. The molecule has 0 aliphatic carbocycles. The van der Waals surface area contributed by atoms with E-state index in [1.807, 2.05) is 25.1 Å². The summed E-state index contributed by atoms with van der Waals surface area (Å²) < 4.78 is 11.6. The molecular weight excluding hydrogens is 390 g/mol. The van der Waals surface area contributed by atoms with E-state index in [1.54, 1.807) is 37.3 Å². The molecule has 150 valence electrons. The monoisotopic (exact) mass is 411 g/mol. The van der Waals surface area contributed by atoms with Gasteiger partial charge in [-0.1, -0.05) is 17.4 Å². The van der Waals surface area contributed by atoms with Crippen molar-refractivity contribution in [3.8, 4) is 11.5 Å². The molecule has 1 aliphatic heterocycles. The van der Waals surface area contributed by atoms with E-state index in [9.17, 15) is 9.59 Å². The van der Waals surface area contributed by atoms with Gasteiger partial charge in [0, 0.05) is 24.7 Å². The van der Waals surface area contributed by atoms with E-state index in [2.05, 4.69) is 10.3 Å². The number of carbonyl (C=O) groups excluding carboxylic acids is 2. The summed E-state index contributed by atoms with van der Waals surface area (Å²) in [6.07, 6.45) is 0.157. The van der Waals surface area contributed by atoms with Crippen LogP contribution in [0.15, 0.2) is 36.4 Å². The second kappa shape index (κ2) is 7.71. The van der Waals surface area contributed by atoms with Gasteiger partial charge in [-0.25, -0.2) is 4.98 Å². The van der Waals surface area contributed by atoms with Crippen molar-refractivity contribution in [2.45, 2.75) is 13.3 Å². The molecule has 1 atom stereocenters. The van der Waals surface area contributed by atoms with E-state index in [4.69, 9.17) is 9.47 Å². The van der Waals surface area contributed by atoms with Gasteiger partial charge in [0.15, 0.2) is 16.6 Å². The zero-order valence-electron chi connectivity index (χ0n) is 16.4. The maximum absolute atomic E-state index is 12.7. The molecule has 7 nitrogen and oxygen atoms in total. The Morgan fingerprint density at radius 3 is 2.72 bits per heavy atom. The van der Waals surface area contributed by atoms with E-state index >= 15 is 0 Å².